The number of benzene rings is 1. The lowest BCUT2D eigenvalue weighted by molar-refractivity contribution is -0.384. The van der Waals surface area contributed by atoms with E-state index in [1.165, 1.54) is 0 Å². The van der Waals surface area contributed by atoms with Crippen LogP contribution in [0.2, 0.25) is 0 Å². The van der Waals surface area contributed by atoms with Gasteiger partial charge in [0.25, 0.3) is 5.69 Å². The molecule has 0 atom stereocenters. The highest BCUT2D eigenvalue weighted by Gasteiger charge is 2.53. The molecule has 1 aliphatic heterocycles. The van der Waals surface area contributed by atoms with E-state index in [0.717, 1.165) is 18.2 Å². The summed E-state index contributed by atoms with van der Waals surface area (Å²) in [6, 6.07) is 2.77. The molecule has 0 spiro atoms. The Morgan fingerprint density at radius 1 is 1.17 bits per heavy atom. The molecule has 0 saturated carbocycles. The van der Waals surface area contributed by atoms with Gasteiger partial charge in [0.1, 0.15) is 5.75 Å². The molecule has 1 aromatic carbocycles. The SMILES string of the molecule is CC1(C)OB(c2cc([N+](=O)[O-])ccc2OC(F)(F)F)OC1(C)C. The highest BCUT2D eigenvalue weighted by molar-refractivity contribution is 6.63. The van der Waals surface area contributed by atoms with Crippen LogP contribution in [0.25, 0.3) is 0 Å². The van der Waals surface area contributed by atoms with Crippen molar-refractivity contribution < 1.29 is 32.1 Å². The maximum atomic E-state index is 12.5. The average Bonchev–Trinajstić information content (AvgIpc) is 2.56. The molecule has 0 amide bonds. The van der Waals surface area contributed by atoms with Crippen molar-refractivity contribution in [3.05, 3.63) is 28.3 Å². The molecule has 0 aromatic heterocycles. The lowest BCUT2D eigenvalue weighted by atomic mass is 9.78. The van der Waals surface area contributed by atoms with Gasteiger partial charge in [-0.1, -0.05) is 0 Å². The first-order chi connectivity index (χ1) is 10.3. The maximum absolute atomic E-state index is 12.5. The van der Waals surface area contributed by atoms with Crippen LogP contribution in [0.15, 0.2) is 18.2 Å². The molecule has 0 radical (unpaired) electrons. The Hall–Kier alpha value is -1.81. The van der Waals surface area contributed by atoms with Crippen LogP contribution in [0.1, 0.15) is 27.7 Å². The van der Waals surface area contributed by atoms with E-state index in [2.05, 4.69) is 4.74 Å². The predicted octanol–water partition coefficient (Wildman–Crippen LogP) is 2.79. The van der Waals surface area contributed by atoms with Gasteiger partial charge in [0.15, 0.2) is 0 Å². The Labute approximate surface area is 130 Å². The molecule has 23 heavy (non-hydrogen) atoms. The molecule has 0 N–H and O–H groups in total. The molecule has 1 aliphatic rings. The molecule has 6 nitrogen and oxygen atoms in total. The summed E-state index contributed by atoms with van der Waals surface area (Å²) >= 11 is 0. The Morgan fingerprint density at radius 2 is 1.70 bits per heavy atom. The minimum absolute atomic E-state index is 0.185. The number of nitro benzene ring substituents is 1. The van der Waals surface area contributed by atoms with Crippen molar-refractivity contribution >= 4 is 18.3 Å². The summed E-state index contributed by atoms with van der Waals surface area (Å²) in [5.41, 5.74) is -2.19. The van der Waals surface area contributed by atoms with Crippen LogP contribution < -0.4 is 10.2 Å². The van der Waals surface area contributed by atoms with E-state index in [4.69, 9.17) is 9.31 Å². The molecule has 126 valence electrons. The fourth-order valence-electron chi connectivity index (χ4n) is 2.02. The number of halogens is 3. The second kappa shape index (κ2) is 5.38. The predicted molar refractivity (Wildman–Crippen MR) is 75.5 cm³/mol. The van der Waals surface area contributed by atoms with Gasteiger partial charge in [0, 0.05) is 17.6 Å². The smallest absolute Gasteiger partial charge is 0.406 e. The summed E-state index contributed by atoms with van der Waals surface area (Å²) in [6.45, 7) is 6.87. The molecule has 0 aliphatic carbocycles. The summed E-state index contributed by atoms with van der Waals surface area (Å²) in [7, 11) is -1.21. The van der Waals surface area contributed by atoms with Crippen LogP contribution in [0.5, 0.6) is 5.75 Å². The number of non-ortho nitro benzene ring substituents is 1. The Kier molecular flexibility index (Phi) is 4.10. The monoisotopic (exact) mass is 333 g/mol. The third-order valence-corrected chi connectivity index (χ3v) is 3.94. The van der Waals surface area contributed by atoms with E-state index in [1.807, 2.05) is 0 Å². The van der Waals surface area contributed by atoms with Gasteiger partial charge in [-0.3, -0.25) is 10.1 Å². The second-order valence-corrected chi connectivity index (χ2v) is 6.12. The summed E-state index contributed by atoms with van der Waals surface area (Å²) in [5, 5.41) is 10.9. The van der Waals surface area contributed by atoms with Crippen LogP contribution >= 0.6 is 0 Å². The van der Waals surface area contributed by atoms with E-state index in [1.54, 1.807) is 27.7 Å². The summed E-state index contributed by atoms with van der Waals surface area (Å²) in [5.74, 6) is -0.596. The van der Waals surface area contributed by atoms with Crippen molar-refractivity contribution in [1.82, 2.24) is 0 Å². The van der Waals surface area contributed by atoms with Crippen molar-refractivity contribution in [3.63, 3.8) is 0 Å². The molecule has 10 heteroatoms. The van der Waals surface area contributed by atoms with Crippen LogP contribution in [0.3, 0.4) is 0 Å². The van der Waals surface area contributed by atoms with Gasteiger partial charge in [-0.25, -0.2) is 0 Å². The molecular weight excluding hydrogens is 318 g/mol. The highest BCUT2D eigenvalue weighted by Crippen LogP contribution is 2.38. The minimum Gasteiger partial charge on any atom is -0.406 e. The van der Waals surface area contributed by atoms with E-state index in [-0.39, 0.29) is 11.2 Å². The van der Waals surface area contributed by atoms with Crippen LogP contribution in [-0.2, 0) is 9.31 Å². The lowest BCUT2D eigenvalue weighted by Gasteiger charge is -2.32. The third kappa shape index (κ3) is 3.58. The zero-order chi connectivity index (χ0) is 17.6. The van der Waals surface area contributed by atoms with Gasteiger partial charge in [0.05, 0.1) is 16.1 Å². The zero-order valence-electron chi connectivity index (χ0n) is 12.9. The summed E-state index contributed by atoms with van der Waals surface area (Å²) < 4.78 is 52.8. The lowest BCUT2D eigenvalue weighted by Crippen LogP contribution is -2.41. The normalized spacial score (nSPS) is 19.7. The van der Waals surface area contributed by atoms with Gasteiger partial charge in [-0.2, -0.15) is 0 Å². The molecule has 0 bridgehead atoms. The van der Waals surface area contributed by atoms with Gasteiger partial charge in [-0.15, -0.1) is 13.2 Å². The van der Waals surface area contributed by atoms with Crippen molar-refractivity contribution in [2.45, 2.75) is 45.3 Å². The van der Waals surface area contributed by atoms with Gasteiger partial charge in [0.2, 0.25) is 0 Å². The number of rotatable bonds is 3. The standard InChI is InChI=1S/C13H15BF3NO5/c1-11(2)12(3,4)23-14(22-11)9-7-8(18(19)20)5-6-10(9)21-13(15,16)17/h5-7H,1-4H3. The van der Waals surface area contributed by atoms with Crippen molar-refractivity contribution in [3.8, 4) is 5.75 Å². The third-order valence-electron chi connectivity index (χ3n) is 3.94. The fraction of sp³-hybridized carbons (Fsp3) is 0.538. The first-order valence-corrected chi connectivity index (χ1v) is 6.72. The van der Waals surface area contributed by atoms with Crippen LogP contribution in [0.4, 0.5) is 18.9 Å². The molecule has 1 fully saturated rings. The summed E-state index contributed by atoms with van der Waals surface area (Å²) in [6.07, 6.45) is -4.94. The first-order valence-electron chi connectivity index (χ1n) is 6.72. The Balaban J connectivity index is 2.46. The number of hydrogen-bond donors (Lipinski definition) is 0. The van der Waals surface area contributed by atoms with Crippen molar-refractivity contribution in [1.29, 1.82) is 0 Å². The van der Waals surface area contributed by atoms with E-state index >= 15 is 0 Å². The van der Waals surface area contributed by atoms with Crippen molar-refractivity contribution in [2.75, 3.05) is 0 Å². The van der Waals surface area contributed by atoms with Gasteiger partial charge >= 0.3 is 13.5 Å². The number of alkyl halides is 3. The number of nitrogens with zero attached hydrogens (tertiary/aromatic N) is 1. The summed E-state index contributed by atoms with van der Waals surface area (Å²) in [4.78, 5) is 10.2. The number of hydrogen-bond acceptors (Lipinski definition) is 5. The Morgan fingerprint density at radius 3 is 2.13 bits per heavy atom. The fourth-order valence-corrected chi connectivity index (χ4v) is 2.02. The van der Waals surface area contributed by atoms with E-state index < -0.39 is 35.4 Å². The quantitative estimate of drug-likeness (QED) is 0.483. The Bertz CT molecular complexity index is 617. The topological polar surface area (TPSA) is 70.8 Å². The minimum atomic E-state index is -4.94. The van der Waals surface area contributed by atoms with Crippen molar-refractivity contribution in [2.24, 2.45) is 0 Å². The first kappa shape index (κ1) is 17.5. The van der Waals surface area contributed by atoms with E-state index in [0.29, 0.717) is 0 Å². The van der Waals surface area contributed by atoms with E-state index in [9.17, 15) is 23.3 Å². The largest absolute Gasteiger partial charge is 0.573 e. The molecule has 0 unspecified atom stereocenters. The van der Waals surface area contributed by atoms with Crippen LogP contribution in [0, 0.1) is 10.1 Å². The zero-order valence-corrected chi connectivity index (χ0v) is 12.9. The molecular formula is C13H15BF3NO5. The molecule has 1 saturated heterocycles. The highest BCUT2D eigenvalue weighted by atomic mass is 19.4. The number of nitro groups is 1. The maximum Gasteiger partial charge on any atom is 0.573 e. The van der Waals surface area contributed by atoms with Crippen LogP contribution in [-0.4, -0.2) is 29.6 Å². The molecule has 2 rings (SSSR count). The number of ether oxygens (including phenoxy) is 1. The molecule has 1 heterocycles. The average molecular weight is 333 g/mol. The molecule has 1 aromatic rings. The van der Waals surface area contributed by atoms with Gasteiger partial charge in [-0.05, 0) is 33.8 Å². The van der Waals surface area contributed by atoms with Gasteiger partial charge < -0.3 is 14.0 Å². The second-order valence-electron chi connectivity index (χ2n) is 6.12.